The molecule has 1 aliphatic heterocycles. The molecular formula is C17H18N2O4S. The molecule has 0 bridgehead atoms. The summed E-state index contributed by atoms with van der Waals surface area (Å²) in [7, 11) is -2.30. The van der Waals surface area contributed by atoms with Gasteiger partial charge in [0, 0.05) is 11.6 Å². The Morgan fingerprint density at radius 3 is 2.58 bits per heavy atom. The number of hydroxylamine groups is 1. The SMILES string of the molecule is COc1cc2c(c(NS(=O)(=O)c3ccc(C)cc3)c1)[NH+]([O-])CC=C2. The van der Waals surface area contributed by atoms with Crippen LogP contribution in [0.2, 0.25) is 0 Å². The molecule has 126 valence electrons. The number of hydrogen-bond acceptors (Lipinski definition) is 4. The van der Waals surface area contributed by atoms with Crippen molar-refractivity contribution in [1.82, 2.24) is 0 Å². The maximum Gasteiger partial charge on any atom is 0.262 e. The predicted molar refractivity (Wildman–Crippen MR) is 92.9 cm³/mol. The van der Waals surface area contributed by atoms with Gasteiger partial charge in [0.1, 0.15) is 18.0 Å². The second kappa shape index (κ2) is 6.27. The number of methoxy groups -OCH3 is 1. The number of hydrogen-bond donors (Lipinski definition) is 2. The first-order valence-electron chi connectivity index (χ1n) is 7.42. The molecule has 1 heterocycles. The summed E-state index contributed by atoms with van der Waals surface area (Å²) < 4.78 is 33.0. The fourth-order valence-electron chi connectivity index (χ4n) is 2.59. The van der Waals surface area contributed by atoms with E-state index < -0.39 is 10.0 Å². The van der Waals surface area contributed by atoms with Gasteiger partial charge >= 0.3 is 0 Å². The Morgan fingerprint density at radius 2 is 1.92 bits per heavy atom. The van der Waals surface area contributed by atoms with Crippen molar-refractivity contribution in [3.63, 3.8) is 0 Å². The molecule has 2 N–H and O–H groups in total. The maximum atomic E-state index is 12.6. The molecule has 2 aromatic rings. The van der Waals surface area contributed by atoms with Crippen LogP contribution in [0.25, 0.3) is 6.08 Å². The zero-order chi connectivity index (χ0) is 17.3. The third-order valence-electron chi connectivity index (χ3n) is 3.83. The monoisotopic (exact) mass is 346 g/mol. The molecule has 6 nitrogen and oxygen atoms in total. The predicted octanol–water partition coefficient (Wildman–Crippen LogP) is 1.85. The van der Waals surface area contributed by atoms with Crippen molar-refractivity contribution in [2.24, 2.45) is 0 Å². The minimum Gasteiger partial charge on any atom is -0.629 e. The molecule has 7 heteroatoms. The van der Waals surface area contributed by atoms with E-state index in [9.17, 15) is 13.6 Å². The number of ether oxygens (including phenoxy) is 1. The molecule has 0 saturated heterocycles. The van der Waals surface area contributed by atoms with Crippen molar-refractivity contribution < 1.29 is 18.2 Å². The quantitative estimate of drug-likeness (QED) is 0.828. The molecule has 3 rings (SSSR count). The third kappa shape index (κ3) is 3.14. The van der Waals surface area contributed by atoms with Gasteiger partial charge in [0.25, 0.3) is 10.0 Å². The van der Waals surface area contributed by atoms with E-state index in [1.165, 1.54) is 25.3 Å². The molecule has 0 fully saturated rings. The molecule has 24 heavy (non-hydrogen) atoms. The van der Waals surface area contributed by atoms with Crippen LogP contribution in [0.3, 0.4) is 0 Å². The van der Waals surface area contributed by atoms with Crippen LogP contribution in [-0.4, -0.2) is 22.1 Å². The number of sulfonamides is 1. The summed E-state index contributed by atoms with van der Waals surface area (Å²) in [5, 5.41) is 12.1. The molecule has 0 saturated carbocycles. The Morgan fingerprint density at radius 1 is 1.21 bits per heavy atom. The molecule has 0 radical (unpaired) electrons. The maximum absolute atomic E-state index is 12.6. The first-order chi connectivity index (χ1) is 11.4. The van der Waals surface area contributed by atoms with Crippen LogP contribution in [0.15, 0.2) is 47.4 Å². The summed E-state index contributed by atoms with van der Waals surface area (Å²) in [6.45, 7) is 2.13. The minimum absolute atomic E-state index is 0.128. The van der Waals surface area contributed by atoms with Crippen LogP contribution in [-0.2, 0) is 10.0 Å². The Kier molecular flexibility index (Phi) is 4.31. The van der Waals surface area contributed by atoms with Crippen LogP contribution in [0.4, 0.5) is 11.4 Å². The van der Waals surface area contributed by atoms with Crippen molar-refractivity contribution in [1.29, 1.82) is 0 Å². The minimum atomic E-state index is -3.79. The summed E-state index contributed by atoms with van der Waals surface area (Å²) >= 11 is 0. The second-order valence-electron chi connectivity index (χ2n) is 5.59. The zero-order valence-corrected chi connectivity index (χ0v) is 14.2. The van der Waals surface area contributed by atoms with E-state index in [0.29, 0.717) is 17.0 Å². The Hall–Kier alpha value is -2.35. The van der Waals surface area contributed by atoms with Gasteiger partial charge < -0.3 is 15.0 Å². The number of rotatable bonds is 4. The summed E-state index contributed by atoms with van der Waals surface area (Å²) in [4.78, 5) is 0.142. The highest BCUT2D eigenvalue weighted by Crippen LogP contribution is 2.32. The smallest absolute Gasteiger partial charge is 0.262 e. The van der Waals surface area contributed by atoms with Gasteiger partial charge in [-0.15, -0.1) is 0 Å². The number of quaternary nitrogens is 1. The van der Waals surface area contributed by atoms with Crippen LogP contribution in [0.5, 0.6) is 5.75 Å². The molecular weight excluding hydrogens is 328 g/mol. The van der Waals surface area contributed by atoms with Crippen molar-refractivity contribution >= 4 is 27.5 Å². The molecule has 0 spiro atoms. The zero-order valence-electron chi connectivity index (χ0n) is 13.4. The number of fused-ring (bicyclic) bond motifs is 1. The topological polar surface area (TPSA) is 82.9 Å². The molecule has 1 aliphatic rings. The molecule has 0 aliphatic carbocycles. The number of benzene rings is 2. The average molecular weight is 346 g/mol. The Bertz CT molecular complexity index is 890. The van der Waals surface area contributed by atoms with E-state index in [-0.39, 0.29) is 22.2 Å². The molecule has 1 atom stereocenters. The van der Waals surface area contributed by atoms with Gasteiger partial charge in [-0.05, 0) is 37.3 Å². The largest absolute Gasteiger partial charge is 0.629 e. The number of nitrogens with one attached hydrogen (secondary N) is 2. The van der Waals surface area contributed by atoms with Crippen molar-refractivity contribution in [3.05, 3.63) is 58.8 Å². The van der Waals surface area contributed by atoms with Gasteiger partial charge in [-0.25, -0.2) is 8.42 Å². The van der Waals surface area contributed by atoms with Gasteiger partial charge in [0.2, 0.25) is 0 Å². The molecule has 0 amide bonds. The van der Waals surface area contributed by atoms with Crippen molar-refractivity contribution in [2.45, 2.75) is 11.8 Å². The summed E-state index contributed by atoms with van der Waals surface area (Å²) in [5.41, 5.74) is 2.22. The van der Waals surface area contributed by atoms with Gasteiger partial charge in [0.15, 0.2) is 5.69 Å². The van der Waals surface area contributed by atoms with Crippen molar-refractivity contribution in [2.75, 3.05) is 18.4 Å². The van der Waals surface area contributed by atoms with E-state index in [2.05, 4.69) is 4.72 Å². The number of anilines is 1. The lowest BCUT2D eigenvalue weighted by atomic mass is 10.1. The van der Waals surface area contributed by atoms with E-state index in [1.807, 2.05) is 6.92 Å². The third-order valence-corrected chi connectivity index (χ3v) is 5.21. The van der Waals surface area contributed by atoms with E-state index in [1.54, 1.807) is 30.4 Å². The van der Waals surface area contributed by atoms with Gasteiger partial charge in [-0.2, -0.15) is 0 Å². The van der Waals surface area contributed by atoms with E-state index >= 15 is 0 Å². The standard InChI is InChI=1S/C17H18N2O4S/c1-12-5-7-15(8-6-12)24(21,22)18-16-11-14(23-2)10-13-4-3-9-19(20)17(13)16/h3-8,10-11,18-19H,9H2,1-2H3. The van der Waals surface area contributed by atoms with Gasteiger partial charge in [0.05, 0.1) is 12.0 Å². The molecule has 1 unspecified atom stereocenters. The fourth-order valence-corrected chi connectivity index (χ4v) is 3.66. The number of aryl methyl sites for hydroxylation is 1. The van der Waals surface area contributed by atoms with Crippen molar-refractivity contribution in [3.8, 4) is 5.75 Å². The lowest BCUT2D eigenvalue weighted by molar-refractivity contribution is -0.768. The molecule has 2 aromatic carbocycles. The lowest BCUT2D eigenvalue weighted by Crippen LogP contribution is -3.02. The normalized spacial score (nSPS) is 16.5. The Labute approximate surface area is 141 Å². The average Bonchev–Trinajstić information content (AvgIpc) is 2.54. The van der Waals surface area contributed by atoms with E-state index in [0.717, 1.165) is 5.56 Å². The fraction of sp³-hybridized carbons (Fsp3) is 0.176. The summed E-state index contributed by atoms with van der Waals surface area (Å²) in [6.07, 6.45) is 3.55. The summed E-state index contributed by atoms with van der Waals surface area (Å²) in [5.74, 6) is 0.481. The van der Waals surface area contributed by atoms with E-state index in [4.69, 9.17) is 4.74 Å². The highest BCUT2D eigenvalue weighted by Gasteiger charge is 2.23. The summed E-state index contributed by atoms with van der Waals surface area (Å²) in [6, 6.07) is 9.76. The van der Waals surface area contributed by atoms with Gasteiger partial charge in [-0.3, -0.25) is 4.72 Å². The van der Waals surface area contributed by atoms with Crippen LogP contribution in [0, 0.1) is 12.1 Å². The second-order valence-corrected chi connectivity index (χ2v) is 7.27. The molecule has 0 aromatic heterocycles. The van der Waals surface area contributed by atoms with Crippen LogP contribution in [0.1, 0.15) is 11.1 Å². The highest BCUT2D eigenvalue weighted by molar-refractivity contribution is 7.92. The highest BCUT2D eigenvalue weighted by atomic mass is 32.2. The first kappa shape index (κ1) is 16.5. The lowest BCUT2D eigenvalue weighted by Gasteiger charge is -2.28. The van der Waals surface area contributed by atoms with Crippen LogP contribution >= 0.6 is 0 Å². The Balaban J connectivity index is 2.06. The van der Waals surface area contributed by atoms with Crippen LogP contribution < -0.4 is 14.5 Å². The first-order valence-corrected chi connectivity index (χ1v) is 8.90. The van der Waals surface area contributed by atoms with Gasteiger partial charge in [-0.1, -0.05) is 17.7 Å².